The summed E-state index contributed by atoms with van der Waals surface area (Å²) in [7, 11) is -9.81. The van der Waals surface area contributed by atoms with Gasteiger partial charge in [0.2, 0.25) is 0 Å². The van der Waals surface area contributed by atoms with Gasteiger partial charge in [0, 0.05) is 31.1 Å². The molecule has 0 aromatic rings. The Hall–Kier alpha value is -3.11. The minimum absolute atomic E-state index is 0.0192. The maximum Gasteiger partial charge on any atom is 0.472 e. The van der Waals surface area contributed by atoms with E-state index >= 15 is 0 Å². The van der Waals surface area contributed by atoms with Crippen LogP contribution in [0.15, 0.2) is 85.1 Å². The Morgan fingerprint density at radius 2 is 1.21 bits per heavy atom. The second kappa shape index (κ2) is 37.8. The Balaban J connectivity index is 2.60. The maximum absolute atomic E-state index is 12.7. The summed E-state index contributed by atoms with van der Waals surface area (Å²) in [4.78, 5) is 65.5. The third-order valence-electron chi connectivity index (χ3n) is 10.1. The second-order valence-corrected chi connectivity index (χ2v) is 18.8. The number of ether oxygens (including phenoxy) is 2. The van der Waals surface area contributed by atoms with Crippen molar-refractivity contribution in [2.75, 3.05) is 26.4 Å². The first-order valence-corrected chi connectivity index (χ1v) is 26.4. The fourth-order valence-electron chi connectivity index (χ4n) is 6.49. The average Bonchev–Trinajstić information content (AvgIpc) is 3.54. The van der Waals surface area contributed by atoms with E-state index in [1.54, 1.807) is 12.2 Å². The van der Waals surface area contributed by atoms with Crippen LogP contribution in [0.25, 0.3) is 0 Å². The third kappa shape index (κ3) is 34.2. The normalized spacial score (nSPS) is 19.7. The topological polar surface area (TPSA) is 253 Å². The van der Waals surface area contributed by atoms with Crippen molar-refractivity contribution in [1.82, 2.24) is 0 Å². The molecule has 0 aromatic heterocycles. The molecule has 376 valence electrons. The van der Waals surface area contributed by atoms with Crippen molar-refractivity contribution in [1.29, 1.82) is 0 Å². The van der Waals surface area contributed by atoms with Gasteiger partial charge in [0.05, 0.1) is 32.0 Å². The van der Waals surface area contributed by atoms with E-state index in [4.69, 9.17) is 23.8 Å². The summed E-state index contributed by atoms with van der Waals surface area (Å²) >= 11 is 0. The highest BCUT2D eigenvalue weighted by molar-refractivity contribution is 7.47. The predicted octanol–water partition coefficient (Wildman–Crippen LogP) is 8.93. The molecule has 0 amide bonds. The number of aliphatic hydroxyl groups excluding tert-OH is 3. The maximum atomic E-state index is 12.7. The van der Waals surface area contributed by atoms with E-state index in [1.165, 1.54) is 19.3 Å². The smallest absolute Gasteiger partial charge is 0.462 e. The van der Waals surface area contributed by atoms with Gasteiger partial charge in [0.25, 0.3) is 0 Å². The van der Waals surface area contributed by atoms with Crippen molar-refractivity contribution < 1.29 is 76.6 Å². The zero-order valence-corrected chi connectivity index (χ0v) is 40.8. The second-order valence-electron chi connectivity index (χ2n) is 16.1. The van der Waals surface area contributed by atoms with Gasteiger partial charge in [-0.1, -0.05) is 131 Å². The Morgan fingerprint density at radius 3 is 1.83 bits per heavy atom. The lowest BCUT2D eigenvalue weighted by Gasteiger charge is -2.20. The van der Waals surface area contributed by atoms with Crippen LogP contribution in [0.5, 0.6) is 0 Å². The van der Waals surface area contributed by atoms with E-state index in [1.807, 2.05) is 36.5 Å². The van der Waals surface area contributed by atoms with Gasteiger partial charge in [-0.15, -0.1) is 0 Å². The number of Topliss-reactive ketones (excluding diaryl/α,β-unsaturated/α-hetero) is 1. The molecular formula is C48H78O16P2. The van der Waals surface area contributed by atoms with E-state index < -0.39 is 90.3 Å². The lowest BCUT2D eigenvalue weighted by atomic mass is 9.90. The molecule has 1 fully saturated rings. The molecular weight excluding hydrogens is 894 g/mol. The molecule has 0 aliphatic heterocycles. The first-order valence-electron chi connectivity index (χ1n) is 23.4. The summed E-state index contributed by atoms with van der Waals surface area (Å²) < 4.78 is 47.7. The monoisotopic (exact) mass is 972 g/mol. The third-order valence-corrected chi connectivity index (χ3v) is 11.6. The highest BCUT2D eigenvalue weighted by Crippen LogP contribution is 2.44. The van der Waals surface area contributed by atoms with Crippen LogP contribution in [0, 0.1) is 11.8 Å². The van der Waals surface area contributed by atoms with Gasteiger partial charge in [-0.2, -0.15) is 0 Å². The highest BCUT2D eigenvalue weighted by atomic mass is 31.2. The van der Waals surface area contributed by atoms with Crippen LogP contribution in [0.2, 0.25) is 0 Å². The fraction of sp³-hybridized carbons (Fsp3) is 0.646. The first-order chi connectivity index (χ1) is 31.6. The predicted molar refractivity (Wildman–Crippen MR) is 254 cm³/mol. The van der Waals surface area contributed by atoms with Crippen LogP contribution in [0.4, 0.5) is 0 Å². The Morgan fingerprint density at radius 1 is 0.667 bits per heavy atom. The fourth-order valence-corrected chi connectivity index (χ4v) is 7.64. The van der Waals surface area contributed by atoms with Crippen LogP contribution in [0.3, 0.4) is 0 Å². The molecule has 0 spiro atoms. The number of aliphatic hydroxyl groups is 3. The molecule has 0 radical (unpaired) electrons. The van der Waals surface area contributed by atoms with Crippen molar-refractivity contribution in [3.05, 3.63) is 85.1 Å². The van der Waals surface area contributed by atoms with Crippen molar-refractivity contribution in [2.24, 2.45) is 11.8 Å². The number of carbonyl (C=O) groups is 3. The number of phosphoric ester groups is 2. The first kappa shape index (κ1) is 60.9. The summed E-state index contributed by atoms with van der Waals surface area (Å²) in [5.41, 5.74) is 0. The molecule has 1 rings (SSSR count). The quantitative estimate of drug-likeness (QED) is 0.0145. The van der Waals surface area contributed by atoms with E-state index in [0.717, 1.165) is 44.9 Å². The number of unbranched alkanes of at least 4 members (excludes halogenated alkanes) is 6. The molecule has 1 aliphatic carbocycles. The summed E-state index contributed by atoms with van der Waals surface area (Å²) in [6.07, 6.45) is 36.7. The highest BCUT2D eigenvalue weighted by Gasteiger charge is 2.39. The molecule has 0 aromatic carbocycles. The van der Waals surface area contributed by atoms with Crippen molar-refractivity contribution in [2.45, 2.75) is 160 Å². The Bertz CT molecular complexity index is 1650. The zero-order valence-electron chi connectivity index (χ0n) is 39.0. The molecule has 1 aliphatic rings. The summed E-state index contributed by atoms with van der Waals surface area (Å²) in [5.74, 6) is -2.19. The number of ketones is 1. The molecule has 0 heterocycles. The van der Waals surface area contributed by atoms with Crippen LogP contribution < -0.4 is 0 Å². The summed E-state index contributed by atoms with van der Waals surface area (Å²) in [6, 6.07) is 0. The lowest BCUT2D eigenvalue weighted by Crippen LogP contribution is -2.29. The van der Waals surface area contributed by atoms with Gasteiger partial charge in [-0.25, -0.2) is 9.13 Å². The van der Waals surface area contributed by atoms with Crippen molar-refractivity contribution in [3.8, 4) is 0 Å². The van der Waals surface area contributed by atoms with Gasteiger partial charge >= 0.3 is 27.6 Å². The lowest BCUT2D eigenvalue weighted by molar-refractivity contribution is -0.161. The molecule has 1 unspecified atom stereocenters. The van der Waals surface area contributed by atoms with Crippen LogP contribution in [-0.4, -0.2) is 98.6 Å². The molecule has 16 nitrogen and oxygen atoms in total. The minimum Gasteiger partial charge on any atom is -0.462 e. The SMILES string of the molecule is CCCCC/C=C\C/C=C\C/C=C\C/C=C\C/C=C\CCC(=O)O[C@H](COC(=O)CCC/C=C\C[C@H]1C(=O)C[C@@H](O)[C@@H]1/C=C/[C@@H](O)CCCCC)COP(=O)(O)OC[C@@H](O)COP(=O)(O)O. The number of hydrogen-bond donors (Lipinski definition) is 6. The average molecular weight is 973 g/mol. The Labute approximate surface area is 392 Å². The molecule has 0 bridgehead atoms. The summed E-state index contributed by atoms with van der Waals surface area (Å²) in [5, 5.41) is 30.5. The van der Waals surface area contributed by atoms with Crippen LogP contribution in [-0.2, 0) is 46.6 Å². The van der Waals surface area contributed by atoms with Gasteiger partial charge in [0.1, 0.15) is 18.5 Å². The van der Waals surface area contributed by atoms with Gasteiger partial charge in [0.15, 0.2) is 6.10 Å². The molecule has 7 atom stereocenters. The largest absolute Gasteiger partial charge is 0.472 e. The van der Waals surface area contributed by atoms with E-state index in [9.17, 15) is 43.7 Å². The van der Waals surface area contributed by atoms with Gasteiger partial charge < -0.3 is 39.5 Å². The van der Waals surface area contributed by atoms with Crippen LogP contribution in [0.1, 0.15) is 136 Å². The van der Waals surface area contributed by atoms with E-state index in [2.05, 4.69) is 59.4 Å². The molecule has 1 saturated carbocycles. The van der Waals surface area contributed by atoms with Crippen molar-refractivity contribution >= 4 is 33.4 Å². The number of rotatable bonds is 39. The molecule has 66 heavy (non-hydrogen) atoms. The zero-order chi connectivity index (χ0) is 48.9. The minimum atomic E-state index is -4.91. The molecule has 18 heteroatoms. The van der Waals surface area contributed by atoms with Crippen LogP contribution >= 0.6 is 15.6 Å². The van der Waals surface area contributed by atoms with E-state index in [-0.39, 0.29) is 25.0 Å². The number of esters is 2. The van der Waals surface area contributed by atoms with Gasteiger partial charge in [-0.3, -0.25) is 28.0 Å². The standard InChI is InChI=1S/C48H78O16P2/c1-3-5-7-8-9-10-11-12-13-14-15-16-17-18-19-20-21-22-28-32-48(54)64-42(39-63-66(58,59)62-37-41(50)36-61-65(55,56)57)38-60-47(53)31-27-24-23-26-30-43-44(46(52)35-45(43)51)34-33-40(49)29-25-6-4-2/h9-10,12-13,15-16,18-19,21-23,26,33-34,40-44,46,49-50,52H,3-8,11,14,17,20,24-25,27-32,35-39H2,1-2H3,(H,58,59)(H2,55,56,57)/b10-9-,13-12-,16-15-,19-18-,22-21-,26-23-,34-33+/t40-,41-,42+,43+,44+,46+/m0/s1. The number of allylic oxidation sites excluding steroid dienone is 12. The van der Waals surface area contributed by atoms with Gasteiger partial charge in [-0.05, 0) is 70.6 Å². The van der Waals surface area contributed by atoms with Crippen molar-refractivity contribution in [3.63, 3.8) is 0 Å². The number of phosphoric acid groups is 2. The molecule has 0 saturated heterocycles. The Kier molecular flexibility index (Phi) is 34.9. The molecule has 6 N–H and O–H groups in total. The number of carbonyl (C=O) groups excluding carboxylic acids is 3. The number of hydrogen-bond acceptors (Lipinski definition) is 13. The van der Waals surface area contributed by atoms with E-state index in [0.29, 0.717) is 38.5 Å². The summed E-state index contributed by atoms with van der Waals surface area (Å²) in [6.45, 7) is 1.23.